The van der Waals surface area contributed by atoms with Crippen molar-refractivity contribution < 1.29 is 4.79 Å². The van der Waals surface area contributed by atoms with Gasteiger partial charge in [-0.2, -0.15) is 0 Å². The predicted molar refractivity (Wildman–Crippen MR) is 70.0 cm³/mol. The fourth-order valence-corrected chi connectivity index (χ4v) is 1.68. The molecule has 0 radical (unpaired) electrons. The molecule has 2 heterocycles. The van der Waals surface area contributed by atoms with Crippen molar-refractivity contribution in [2.75, 3.05) is 6.54 Å². The lowest BCUT2D eigenvalue weighted by molar-refractivity contribution is -0.124. The highest BCUT2D eigenvalue weighted by atomic mass is 16.1. The van der Waals surface area contributed by atoms with Gasteiger partial charge < -0.3 is 15.5 Å². The van der Waals surface area contributed by atoms with Crippen LogP contribution in [0.5, 0.6) is 0 Å². The first kappa shape index (κ1) is 12.6. The van der Waals surface area contributed by atoms with Gasteiger partial charge in [0.25, 0.3) is 0 Å². The Labute approximate surface area is 106 Å². The van der Waals surface area contributed by atoms with Crippen molar-refractivity contribution in [2.45, 2.75) is 20.4 Å². The van der Waals surface area contributed by atoms with Crippen LogP contribution in [0.2, 0.25) is 0 Å². The fourth-order valence-electron chi connectivity index (χ4n) is 1.68. The van der Waals surface area contributed by atoms with Crippen molar-refractivity contribution in [3.63, 3.8) is 0 Å². The maximum Gasteiger partial charge on any atom is 0.224 e. The summed E-state index contributed by atoms with van der Waals surface area (Å²) in [4.78, 5) is 16.0. The zero-order chi connectivity index (χ0) is 13.1. The molecule has 18 heavy (non-hydrogen) atoms. The van der Waals surface area contributed by atoms with Gasteiger partial charge in [0.05, 0.1) is 12.2 Å². The molecule has 0 aliphatic heterocycles. The number of fused-ring (bicyclic) bond motifs is 1. The second-order valence-electron chi connectivity index (χ2n) is 4.56. The van der Waals surface area contributed by atoms with E-state index in [0.29, 0.717) is 13.1 Å². The van der Waals surface area contributed by atoms with Crippen LogP contribution in [0.4, 0.5) is 0 Å². The van der Waals surface area contributed by atoms with Gasteiger partial charge >= 0.3 is 0 Å². The molecule has 2 rings (SSSR count). The molecule has 0 saturated carbocycles. The van der Waals surface area contributed by atoms with E-state index in [1.54, 1.807) is 0 Å². The number of hydrogen-bond donors (Lipinski definition) is 2. The minimum Gasteiger partial charge on any atom is -0.350 e. The number of amides is 1. The van der Waals surface area contributed by atoms with Crippen molar-refractivity contribution in [1.29, 1.82) is 0 Å². The number of carbonyl (C=O) groups is 1. The average molecular weight is 246 g/mol. The lowest BCUT2D eigenvalue weighted by Gasteiger charge is -2.07. The van der Waals surface area contributed by atoms with E-state index in [4.69, 9.17) is 5.73 Å². The smallest absolute Gasteiger partial charge is 0.224 e. The maximum atomic E-state index is 11.6. The molecule has 1 atom stereocenters. The normalized spacial score (nSPS) is 12.6. The molecule has 96 valence electrons. The van der Waals surface area contributed by atoms with Crippen molar-refractivity contribution in [3.8, 4) is 0 Å². The molecule has 1 amide bonds. The van der Waals surface area contributed by atoms with Gasteiger partial charge in [0, 0.05) is 24.9 Å². The summed E-state index contributed by atoms with van der Waals surface area (Å²) in [5, 5.41) is 2.83. The second-order valence-corrected chi connectivity index (χ2v) is 4.56. The fraction of sp³-hybridized carbons (Fsp3) is 0.385. The molecule has 0 saturated heterocycles. The number of imidazole rings is 1. The number of carbonyl (C=O) groups excluding carboxylic acids is 1. The number of aryl methyl sites for hydroxylation is 1. The molecule has 0 spiro atoms. The minimum atomic E-state index is -0.163. The van der Waals surface area contributed by atoms with Gasteiger partial charge in [-0.3, -0.25) is 4.79 Å². The topological polar surface area (TPSA) is 72.4 Å². The molecule has 0 aromatic carbocycles. The van der Waals surface area contributed by atoms with Crippen molar-refractivity contribution in [3.05, 3.63) is 35.8 Å². The van der Waals surface area contributed by atoms with Crippen LogP contribution in [0, 0.1) is 12.8 Å². The van der Waals surface area contributed by atoms with Gasteiger partial charge in [0.2, 0.25) is 5.91 Å². The van der Waals surface area contributed by atoms with Gasteiger partial charge in [-0.1, -0.05) is 6.92 Å². The molecule has 0 aliphatic carbocycles. The summed E-state index contributed by atoms with van der Waals surface area (Å²) in [6.45, 7) is 4.63. The third-order valence-corrected chi connectivity index (χ3v) is 2.91. The minimum absolute atomic E-state index is 0.0364. The highest BCUT2D eigenvalue weighted by Crippen LogP contribution is 2.07. The Balaban J connectivity index is 2.06. The highest BCUT2D eigenvalue weighted by Gasteiger charge is 2.10. The Morgan fingerprint density at radius 3 is 3.11 bits per heavy atom. The Morgan fingerprint density at radius 2 is 2.39 bits per heavy atom. The molecule has 2 aromatic heterocycles. The molecule has 3 N–H and O–H groups in total. The zero-order valence-electron chi connectivity index (χ0n) is 10.7. The zero-order valence-corrected chi connectivity index (χ0v) is 10.7. The first-order valence-corrected chi connectivity index (χ1v) is 6.02. The monoisotopic (exact) mass is 246 g/mol. The molecule has 5 heteroatoms. The van der Waals surface area contributed by atoms with Crippen LogP contribution in [-0.4, -0.2) is 21.8 Å². The van der Waals surface area contributed by atoms with Crippen LogP contribution in [0.1, 0.15) is 18.2 Å². The van der Waals surface area contributed by atoms with E-state index in [2.05, 4.69) is 10.3 Å². The number of hydrogen-bond acceptors (Lipinski definition) is 3. The largest absolute Gasteiger partial charge is 0.350 e. The lowest BCUT2D eigenvalue weighted by atomic mass is 10.2. The van der Waals surface area contributed by atoms with Crippen molar-refractivity contribution >= 4 is 11.6 Å². The Hall–Kier alpha value is -1.88. The first-order valence-electron chi connectivity index (χ1n) is 6.02. The van der Waals surface area contributed by atoms with Crippen molar-refractivity contribution in [2.24, 2.45) is 11.7 Å². The summed E-state index contributed by atoms with van der Waals surface area (Å²) in [5.41, 5.74) is 8.35. The molecule has 0 fully saturated rings. The summed E-state index contributed by atoms with van der Waals surface area (Å²) in [7, 11) is 0. The van der Waals surface area contributed by atoms with Crippen LogP contribution < -0.4 is 11.1 Å². The molecule has 2 aromatic rings. The van der Waals surface area contributed by atoms with Gasteiger partial charge in [-0.15, -0.1) is 0 Å². The third-order valence-electron chi connectivity index (χ3n) is 2.91. The van der Waals surface area contributed by atoms with Crippen LogP contribution in [-0.2, 0) is 11.3 Å². The van der Waals surface area contributed by atoms with E-state index in [-0.39, 0.29) is 11.8 Å². The first-order chi connectivity index (χ1) is 8.60. The number of nitrogens with one attached hydrogen (secondary N) is 1. The SMILES string of the molecule is Cc1ccn2cc(CNC(=O)C(C)CN)nc2c1. The predicted octanol–water partition coefficient (Wildman–Crippen LogP) is 0.854. The molecule has 1 unspecified atom stereocenters. The number of nitrogens with zero attached hydrogens (tertiary/aromatic N) is 2. The average Bonchev–Trinajstić information content (AvgIpc) is 2.76. The highest BCUT2D eigenvalue weighted by molar-refractivity contribution is 5.78. The lowest BCUT2D eigenvalue weighted by Crippen LogP contribution is -2.32. The van der Waals surface area contributed by atoms with E-state index in [0.717, 1.165) is 11.3 Å². The molecule has 0 aliphatic rings. The summed E-state index contributed by atoms with van der Waals surface area (Å²) in [5.74, 6) is -0.199. The van der Waals surface area contributed by atoms with Gasteiger partial charge in [-0.25, -0.2) is 4.98 Å². The van der Waals surface area contributed by atoms with E-state index in [9.17, 15) is 4.79 Å². The second kappa shape index (κ2) is 5.18. The number of aromatic nitrogens is 2. The standard InChI is InChI=1S/C13H18N4O/c1-9-3-4-17-8-11(16-12(17)5-9)7-15-13(18)10(2)6-14/h3-5,8,10H,6-7,14H2,1-2H3,(H,15,18). The Kier molecular flexibility index (Phi) is 3.62. The van der Waals surface area contributed by atoms with Crippen LogP contribution >= 0.6 is 0 Å². The van der Waals surface area contributed by atoms with Gasteiger partial charge in [-0.05, 0) is 24.6 Å². The van der Waals surface area contributed by atoms with E-state index >= 15 is 0 Å². The Morgan fingerprint density at radius 1 is 1.61 bits per heavy atom. The number of rotatable bonds is 4. The summed E-state index contributed by atoms with van der Waals surface area (Å²) in [6.07, 6.45) is 3.88. The molecule has 0 bridgehead atoms. The van der Waals surface area contributed by atoms with Crippen molar-refractivity contribution in [1.82, 2.24) is 14.7 Å². The van der Waals surface area contributed by atoms with Crippen LogP contribution in [0.3, 0.4) is 0 Å². The third kappa shape index (κ3) is 2.68. The summed E-state index contributed by atoms with van der Waals surface area (Å²) >= 11 is 0. The van der Waals surface area contributed by atoms with Crippen LogP contribution in [0.15, 0.2) is 24.5 Å². The van der Waals surface area contributed by atoms with E-state index in [1.165, 1.54) is 5.56 Å². The summed E-state index contributed by atoms with van der Waals surface area (Å²) in [6, 6.07) is 4.03. The Bertz CT molecular complexity index is 561. The van der Waals surface area contributed by atoms with E-state index in [1.807, 2.05) is 42.8 Å². The molecular formula is C13H18N4O. The summed E-state index contributed by atoms with van der Waals surface area (Å²) < 4.78 is 1.95. The van der Waals surface area contributed by atoms with Gasteiger partial charge in [0.15, 0.2) is 0 Å². The quantitative estimate of drug-likeness (QED) is 0.840. The van der Waals surface area contributed by atoms with E-state index < -0.39 is 0 Å². The number of nitrogens with two attached hydrogens (primary N) is 1. The number of pyridine rings is 1. The molecular weight excluding hydrogens is 228 g/mol. The maximum absolute atomic E-state index is 11.6. The van der Waals surface area contributed by atoms with Crippen LogP contribution in [0.25, 0.3) is 5.65 Å². The molecule has 5 nitrogen and oxygen atoms in total. The van der Waals surface area contributed by atoms with Gasteiger partial charge in [0.1, 0.15) is 5.65 Å².